The lowest BCUT2D eigenvalue weighted by Gasteiger charge is -2.05. The molecule has 0 bridgehead atoms. The summed E-state index contributed by atoms with van der Waals surface area (Å²) >= 11 is 6.65. The maximum absolute atomic E-state index is 10.4. The summed E-state index contributed by atoms with van der Waals surface area (Å²) in [6.45, 7) is 0.558. The van der Waals surface area contributed by atoms with E-state index >= 15 is 0 Å². The second-order valence-electron chi connectivity index (χ2n) is 5.67. The van der Waals surface area contributed by atoms with Crippen molar-refractivity contribution in [2.45, 2.75) is 32.2 Å². The van der Waals surface area contributed by atoms with Gasteiger partial charge in [-0.3, -0.25) is 4.57 Å². The van der Waals surface area contributed by atoms with E-state index in [-0.39, 0.29) is 12.3 Å². The van der Waals surface area contributed by atoms with Gasteiger partial charge in [0.1, 0.15) is 0 Å². The van der Waals surface area contributed by atoms with Gasteiger partial charge in [0.2, 0.25) is 11.2 Å². The molecule has 2 N–H and O–H groups in total. The number of aliphatic carboxylic acids is 1. The number of carboxylic acid groups (broad SMARTS) is 1. The molecule has 0 aliphatic carbocycles. The molecule has 0 saturated carbocycles. The van der Waals surface area contributed by atoms with Gasteiger partial charge in [0.05, 0.1) is 11.0 Å². The van der Waals surface area contributed by atoms with Gasteiger partial charge in [-0.25, -0.2) is 4.99 Å². The summed E-state index contributed by atoms with van der Waals surface area (Å²) in [5.41, 5.74) is 0. The van der Waals surface area contributed by atoms with Gasteiger partial charge in [-0.2, -0.15) is 0 Å². The average molecular weight is 375 g/mol. The minimum atomic E-state index is -1.03. The van der Waals surface area contributed by atoms with E-state index in [1.54, 1.807) is 10.6 Å². The van der Waals surface area contributed by atoms with Crippen molar-refractivity contribution in [2.24, 2.45) is 4.99 Å². The summed E-state index contributed by atoms with van der Waals surface area (Å²) < 4.78 is 2.26. The zero-order valence-electron chi connectivity index (χ0n) is 13.4. The third-order valence-electron chi connectivity index (χ3n) is 3.83. The fourth-order valence-electron chi connectivity index (χ4n) is 2.59. The number of para-hydroxylation sites is 2. The van der Waals surface area contributed by atoms with E-state index in [4.69, 9.17) is 12.2 Å². The first-order chi connectivity index (χ1) is 12.0. The SMILES string of the molecule is O=C([O-])CCCCCn1c(O)c(C=C2N=c3ccccc3=[NH+]2)sc1=S. The molecule has 1 aliphatic rings. The summed E-state index contributed by atoms with van der Waals surface area (Å²) in [6.07, 6.45) is 3.90. The molecule has 1 aromatic carbocycles. The number of benzene rings is 1. The molecule has 0 spiro atoms. The number of carbonyl (C=O) groups is 1. The Morgan fingerprint density at radius 2 is 2.16 bits per heavy atom. The van der Waals surface area contributed by atoms with Crippen LogP contribution in [0.5, 0.6) is 5.88 Å². The van der Waals surface area contributed by atoms with E-state index in [9.17, 15) is 15.0 Å². The van der Waals surface area contributed by atoms with Crippen LogP contribution in [0.4, 0.5) is 0 Å². The molecule has 25 heavy (non-hydrogen) atoms. The van der Waals surface area contributed by atoms with E-state index < -0.39 is 5.97 Å². The molecule has 2 heterocycles. The molecule has 2 aromatic rings. The normalized spacial score (nSPS) is 14.2. The Morgan fingerprint density at radius 1 is 1.36 bits per heavy atom. The fourth-order valence-corrected chi connectivity index (χ4v) is 3.88. The van der Waals surface area contributed by atoms with Gasteiger partial charge < -0.3 is 15.0 Å². The van der Waals surface area contributed by atoms with E-state index in [0.717, 1.165) is 23.6 Å². The molecule has 130 valence electrons. The van der Waals surface area contributed by atoms with Gasteiger partial charge in [-0.15, -0.1) is 11.3 Å². The Bertz CT molecular complexity index is 968. The molecule has 1 aliphatic heterocycles. The lowest BCUT2D eigenvalue weighted by molar-refractivity contribution is -0.437. The number of carbonyl (C=O) groups excluding carboxylic acids is 1. The number of nitrogens with zero attached hydrogens (tertiary/aromatic N) is 2. The maximum atomic E-state index is 10.4. The number of thiazole rings is 1. The largest absolute Gasteiger partial charge is 0.550 e. The summed E-state index contributed by atoms with van der Waals surface area (Å²) in [4.78, 5) is 18.7. The highest BCUT2D eigenvalue weighted by atomic mass is 32.1. The first kappa shape index (κ1) is 17.5. The molecule has 8 heteroatoms. The van der Waals surface area contributed by atoms with E-state index in [0.29, 0.717) is 27.6 Å². The van der Waals surface area contributed by atoms with Gasteiger partial charge in [0.15, 0.2) is 9.31 Å². The van der Waals surface area contributed by atoms with Crippen LogP contribution in [-0.4, -0.2) is 15.6 Å². The number of hydrogen-bond donors (Lipinski definition) is 2. The standard InChI is InChI=1S/C17H17N3O3S2/c21-15(22)8-2-1-5-9-20-16(23)13(25-17(20)24)10-14-18-11-6-3-4-7-12(11)19-14/h3-4,6-7,10,23H,1-2,5,8-9H2,(H,21,22). The van der Waals surface area contributed by atoms with Gasteiger partial charge in [0, 0.05) is 12.5 Å². The Morgan fingerprint density at radius 3 is 2.92 bits per heavy atom. The lowest BCUT2D eigenvalue weighted by atomic mass is 10.2. The molecule has 6 nitrogen and oxygen atoms in total. The average Bonchev–Trinajstić information content (AvgIpc) is 3.09. The minimum absolute atomic E-state index is 0.0616. The zero-order chi connectivity index (χ0) is 17.8. The molecular weight excluding hydrogens is 358 g/mol. The van der Waals surface area contributed by atoms with Crippen molar-refractivity contribution >= 4 is 35.6 Å². The molecule has 0 amide bonds. The number of aromatic nitrogens is 1. The summed E-state index contributed by atoms with van der Waals surface area (Å²) in [6, 6.07) is 7.72. The van der Waals surface area contributed by atoms with E-state index in [1.807, 2.05) is 24.3 Å². The highest BCUT2D eigenvalue weighted by Gasteiger charge is 2.16. The molecule has 0 fully saturated rings. The number of aromatic hydroxyl groups is 1. The van der Waals surface area contributed by atoms with Crippen LogP contribution in [0, 0.1) is 3.95 Å². The highest BCUT2D eigenvalue weighted by Crippen LogP contribution is 2.28. The van der Waals surface area contributed by atoms with Crippen molar-refractivity contribution < 1.29 is 20.0 Å². The second kappa shape index (κ2) is 7.71. The topological polar surface area (TPSA) is 91.6 Å². The molecule has 1 aromatic heterocycles. The predicted molar refractivity (Wildman–Crippen MR) is 93.5 cm³/mol. The van der Waals surface area contributed by atoms with Crippen LogP contribution in [0.2, 0.25) is 0 Å². The number of nitrogens with one attached hydrogen (secondary N) is 1. The molecule has 0 unspecified atom stereocenters. The molecule has 3 rings (SSSR count). The van der Waals surface area contributed by atoms with E-state index in [2.05, 4.69) is 9.98 Å². The predicted octanol–water partition coefficient (Wildman–Crippen LogP) is -0.373. The van der Waals surface area contributed by atoms with Gasteiger partial charge in [-0.05, 0) is 48.6 Å². The van der Waals surface area contributed by atoms with Crippen molar-refractivity contribution in [3.63, 3.8) is 0 Å². The zero-order valence-corrected chi connectivity index (χ0v) is 15.0. The van der Waals surface area contributed by atoms with Crippen molar-refractivity contribution in [1.29, 1.82) is 0 Å². The van der Waals surface area contributed by atoms with Crippen LogP contribution in [0.15, 0.2) is 35.1 Å². The summed E-state index contributed by atoms with van der Waals surface area (Å²) in [7, 11) is 0. The number of hydrogen-bond acceptors (Lipinski definition) is 6. The Hall–Kier alpha value is -2.32. The Kier molecular flexibility index (Phi) is 5.40. The Labute approximate surface area is 153 Å². The van der Waals surface area contributed by atoms with Crippen LogP contribution in [0.3, 0.4) is 0 Å². The van der Waals surface area contributed by atoms with Gasteiger partial charge in [-0.1, -0.05) is 18.6 Å². The summed E-state index contributed by atoms with van der Waals surface area (Å²) in [5, 5.41) is 22.6. The second-order valence-corrected chi connectivity index (χ2v) is 7.35. The third-order valence-corrected chi connectivity index (χ3v) is 5.22. The first-order valence-corrected chi connectivity index (χ1v) is 9.19. The number of unbranched alkanes of at least 4 members (excludes halogenated alkanes) is 2. The maximum Gasteiger partial charge on any atom is 0.323 e. The van der Waals surface area contributed by atoms with Crippen molar-refractivity contribution in [3.8, 4) is 5.88 Å². The summed E-state index contributed by atoms with van der Waals surface area (Å²) in [5.74, 6) is -0.248. The molecular formula is C17H17N3O3S2. The van der Waals surface area contributed by atoms with Gasteiger partial charge >= 0.3 is 5.82 Å². The fraction of sp³-hybridized carbons (Fsp3) is 0.294. The van der Waals surface area contributed by atoms with Crippen molar-refractivity contribution in [1.82, 2.24) is 4.57 Å². The molecule has 0 radical (unpaired) electrons. The van der Waals surface area contributed by atoms with Crippen molar-refractivity contribution in [3.05, 3.63) is 49.6 Å². The number of carboxylic acids is 1. The van der Waals surface area contributed by atoms with Crippen LogP contribution >= 0.6 is 23.6 Å². The molecule has 0 atom stereocenters. The minimum Gasteiger partial charge on any atom is -0.550 e. The number of fused-ring (bicyclic) bond motifs is 1. The monoisotopic (exact) mass is 375 g/mol. The quantitative estimate of drug-likeness (QED) is 0.510. The van der Waals surface area contributed by atoms with Crippen molar-refractivity contribution in [2.75, 3.05) is 0 Å². The van der Waals surface area contributed by atoms with Crippen LogP contribution in [0.1, 0.15) is 30.6 Å². The number of rotatable bonds is 7. The lowest BCUT2D eigenvalue weighted by Crippen LogP contribution is -2.73. The Balaban J connectivity index is 1.72. The smallest absolute Gasteiger partial charge is 0.323 e. The third kappa shape index (κ3) is 4.21. The van der Waals surface area contributed by atoms with Gasteiger partial charge in [0.25, 0.3) is 0 Å². The van der Waals surface area contributed by atoms with Crippen LogP contribution in [0.25, 0.3) is 6.08 Å². The molecule has 0 saturated heterocycles. The van der Waals surface area contributed by atoms with Crippen LogP contribution < -0.4 is 20.8 Å². The van der Waals surface area contributed by atoms with E-state index in [1.165, 1.54) is 11.3 Å². The highest BCUT2D eigenvalue weighted by molar-refractivity contribution is 7.73. The first-order valence-electron chi connectivity index (χ1n) is 7.96. The van der Waals surface area contributed by atoms with Crippen LogP contribution in [-0.2, 0) is 11.3 Å².